The number of carbonyl (C=O) groups excluding carboxylic acids is 3. The normalized spacial score (nSPS) is 15.6. The molecule has 34 heavy (non-hydrogen) atoms. The van der Waals surface area contributed by atoms with Crippen LogP contribution in [0.1, 0.15) is 43.9 Å². The van der Waals surface area contributed by atoms with Gasteiger partial charge in [-0.15, -0.1) is 0 Å². The number of aryl methyl sites for hydroxylation is 2. The molecule has 0 saturated carbocycles. The van der Waals surface area contributed by atoms with Crippen LogP contribution in [0.15, 0.2) is 41.3 Å². The number of carbonyl (C=O) groups is 3. The number of amides is 3. The smallest absolute Gasteiger partial charge is 0.294 e. The zero-order chi connectivity index (χ0) is 24.8. The van der Waals surface area contributed by atoms with Gasteiger partial charge in [-0.1, -0.05) is 19.1 Å². The van der Waals surface area contributed by atoms with E-state index >= 15 is 0 Å². The summed E-state index contributed by atoms with van der Waals surface area (Å²) in [6, 6.07) is 11.1. The van der Waals surface area contributed by atoms with E-state index in [1.807, 2.05) is 52.8 Å². The van der Waals surface area contributed by atoms with E-state index in [9.17, 15) is 14.4 Å². The van der Waals surface area contributed by atoms with Crippen molar-refractivity contribution in [2.45, 2.75) is 47.1 Å². The van der Waals surface area contributed by atoms with Gasteiger partial charge in [0.1, 0.15) is 6.54 Å². The topological polar surface area (TPSA) is 84.9 Å². The second-order valence-corrected chi connectivity index (χ2v) is 9.16. The molecule has 3 rings (SSSR count). The summed E-state index contributed by atoms with van der Waals surface area (Å²) in [7, 11) is 0. The Kier molecular flexibility index (Phi) is 8.39. The van der Waals surface area contributed by atoms with E-state index in [-0.39, 0.29) is 17.6 Å². The Labute approximate surface area is 204 Å². The molecule has 3 amide bonds. The lowest BCUT2D eigenvalue weighted by atomic mass is 10.1. The fourth-order valence-corrected chi connectivity index (χ4v) is 4.30. The first kappa shape index (κ1) is 25.4. The standard InChI is InChI=1S/C26H30N2O5S/c1-6-18(5)33-21-9-8-19(13-22(21)32-7-2)14-23-25(30)28(26(31)34-23)15-24(29)27-20-11-16(3)10-17(4)12-20/h8-14,18H,6-7,15H2,1-5H3,(H,27,29)/b23-14+/t18-/m1/s1. The van der Waals surface area contributed by atoms with Gasteiger partial charge in [0.05, 0.1) is 17.6 Å². The number of benzene rings is 2. The predicted octanol–water partition coefficient (Wildman–Crippen LogP) is 5.55. The van der Waals surface area contributed by atoms with Crippen molar-refractivity contribution in [3.63, 3.8) is 0 Å². The monoisotopic (exact) mass is 482 g/mol. The van der Waals surface area contributed by atoms with Crippen LogP contribution < -0.4 is 14.8 Å². The Hall–Kier alpha value is -3.26. The molecule has 180 valence electrons. The summed E-state index contributed by atoms with van der Waals surface area (Å²) >= 11 is 0.814. The van der Waals surface area contributed by atoms with Gasteiger partial charge in [-0.2, -0.15) is 0 Å². The number of nitrogens with one attached hydrogen (secondary N) is 1. The highest BCUT2D eigenvalue weighted by molar-refractivity contribution is 8.18. The third-order valence-electron chi connectivity index (χ3n) is 5.15. The number of hydrogen-bond donors (Lipinski definition) is 1. The minimum absolute atomic E-state index is 0.0384. The van der Waals surface area contributed by atoms with Gasteiger partial charge in [0.25, 0.3) is 11.1 Å². The number of thioether (sulfide) groups is 1. The molecule has 0 spiro atoms. The number of rotatable bonds is 9. The molecule has 1 N–H and O–H groups in total. The quantitative estimate of drug-likeness (QED) is 0.472. The van der Waals surface area contributed by atoms with Gasteiger partial charge in [-0.05, 0) is 92.9 Å². The molecule has 1 heterocycles. The van der Waals surface area contributed by atoms with Crippen molar-refractivity contribution >= 4 is 40.6 Å². The largest absolute Gasteiger partial charge is 0.490 e. The molecule has 0 bridgehead atoms. The van der Waals surface area contributed by atoms with E-state index in [1.165, 1.54) is 0 Å². The van der Waals surface area contributed by atoms with Gasteiger partial charge < -0.3 is 14.8 Å². The molecule has 1 aliphatic heterocycles. The van der Waals surface area contributed by atoms with Crippen LogP contribution in [0, 0.1) is 13.8 Å². The SMILES string of the molecule is CCOc1cc(/C=C2/SC(=O)N(CC(=O)Nc3cc(C)cc(C)c3)C2=O)ccc1O[C@H](C)CC. The molecule has 0 unspecified atom stereocenters. The van der Waals surface area contributed by atoms with Crippen LogP contribution >= 0.6 is 11.8 Å². The maximum atomic E-state index is 12.9. The van der Waals surface area contributed by atoms with Crippen molar-refractivity contribution in [1.29, 1.82) is 0 Å². The van der Waals surface area contributed by atoms with Crippen molar-refractivity contribution in [2.75, 3.05) is 18.5 Å². The minimum Gasteiger partial charge on any atom is -0.490 e. The van der Waals surface area contributed by atoms with Crippen molar-refractivity contribution in [1.82, 2.24) is 4.90 Å². The van der Waals surface area contributed by atoms with Gasteiger partial charge in [0, 0.05) is 5.69 Å². The van der Waals surface area contributed by atoms with E-state index in [4.69, 9.17) is 9.47 Å². The summed E-state index contributed by atoms with van der Waals surface area (Å²) in [5.74, 6) is 0.273. The molecule has 0 radical (unpaired) electrons. The van der Waals surface area contributed by atoms with Crippen LogP contribution in [0.5, 0.6) is 11.5 Å². The fourth-order valence-electron chi connectivity index (χ4n) is 3.46. The predicted molar refractivity (Wildman–Crippen MR) is 135 cm³/mol. The summed E-state index contributed by atoms with van der Waals surface area (Å²) < 4.78 is 11.6. The first-order valence-corrected chi connectivity index (χ1v) is 12.1. The molecule has 2 aromatic rings. The Morgan fingerprint density at radius 1 is 1.09 bits per heavy atom. The highest BCUT2D eigenvalue weighted by atomic mass is 32.2. The first-order valence-electron chi connectivity index (χ1n) is 11.3. The van der Waals surface area contributed by atoms with E-state index in [2.05, 4.69) is 5.32 Å². The lowest BCUT2D eigenvalue weighted by Crippen LogP contribution is -2.36. The Morgan fingerprint density at radius 2 is 1.79 bits per heavy atom. The number of imide groups is 1. The Balaban J connectivity index is 1.73. The van der Waals surface area contributed by atoms with Crippen molar-refractivity contribution < 1.29 is 23.9 Å². The number of nitrogens with zero attached hydrogens (tertiary/aromatic N) is 1. The minimum atomic E-state index is -0.497. The first-order chi connectivity index (χ1) is 16.2. The Morgan fingerprint density at radius 3 is 2.44 bits per heavy atom. The molecule has 2 aromatic carbocycles. The molecule has 1 aliphatic rings. The van der Waals surface area contributed by atoms with E-state index in [0.29, 0.717) is 29.4 Å². The summed E-state index contributed by atoms with van der Waals surface area (Å²) in [5.41, 5.74) is 3.35. The van der Waals surface area contributed by atoms with E-state index < -0.39 is 17.1 Å². The van der Waals surface area contributed by atoms with Gasteiger partial charge >= 0.3 is 0 Å². The fraction of sp³-hybridized carbons (Fsp3) is 0.346. The van der Waals surface area contributed by atoms with Crippen LogP contribution in [-0.4, -0.2) is 41.2 Å². The second kappa shape index (κ2) is 11.2. The van der Waals surface area contributed by atoms with Crippen molar-refractivity contribution in [2.24, 2.45) is 0 Å². The average molecular weight is 483 g/mol. The highest BCUT2D eigenvalue weighted by Gasteiger charge is 2.36. The molecule has 1 atom stereocenters. The van der Waals surface area contributed by atoms with Gasteiger partial charge in [0.2, 0.25) is 5.91 Å². The zero-order valence-electron chi connectivity index (χ0n) is 20.1. The molecular weight excluding hydrogens is 452 g/mol. The molecule has 7 nitrogen and oxygen atoms in total. The third kappa shape index (κ3) is 6.41. The van der Waals surface area contributed by atoms with Crippen LogP contribution in [0.25, 0.3) is 6.08 Å². The summed E-state index contributed by atoms with van der Waals surface area (Å²) in [6.45, 7) is 9.89. The van der Waals surface area contributed by atoms with Crippen molar-refractivity contribution in [3.8, 4) is 11.5 Å². The maximum absolute atomic E-state index is 12.9. The zero-order valence-corrected chi connectivity index (χ0v) is 21.0. The lowest BCUT2D eigenvalue weighted by Gasteiger charge is -2.16. The molecule has 1 saturated heterocycles. The lowest BCUT2D eigenvalue weighted by molar-refractivity contribution is -0.127. The molecular formula is C26H30N2O5S. The van der Waals surface area contributed by atoms with Gasteiger partial charge in [0.15, 0.2) is 11.5 Å². The molecule has 8 heteroatoms. The van der Waals surface area contributed by atoms with Crippen LogP contribution in [-0.2, 0) is 9.59 Å². The van der Waals surface area contributed by atoms with Crippen LogP contribution in [0.4, 0.5) is 10.5 Å². The number of ether oxygens (including phenoxy) is 2. The van der Waals surface area contributed by atoms with Gasteiger partial charge in [-0.3, -0.25) is 19.3 Å². The van der Waals surface area contributed by atoms with Crippen molar-refractivity contribution in [3.05, 3.63) is 58.0 Å². The summed E-state index contributed by atoms with van der Waals surface area (Å²) in [4.78, 5) is 39.0. The summed E-state index contributed by atoms with van der Waals surface area (Å²) in [5, 5.41) is 2.28. The number of hydrogen-bond acceptors (Lipinski definition) is 6. The Bertz CT molecular complexity index is 1110. The average Bonchev–Trinajstić information content (AvgIpc) is 3.02. The second-order valence-electron chi connectivity index (χ2n) is 8.17. The summed E-state index contributed by atoms with van der Waals surface area (Å²) in [6.07, 6.45) is 2.52. The van der Waals surface area contributed by atoms with E-state index in [0.717, 1.165) is 34.2 Å². The maximum Gasteiger partial charge on any atom is 0.294 e. The molecule has 0 aromatic heterocycles. The molecule has 0 aliphatic carbocycles. The number of anilines is 1. The highest BCUT2D eigenvalue weighted by Crippen LogP contribution is 2.35. The van der Waals surface area contributed by atoms with E-state index in [1.54, 1.807) is 24.3 Å². The van der Waals surface area contributed by atoms with Crippen LogP contribution in [0.2, 0.25) is 0 Å². The molecule has 1 fully saturated rings. The van der Waals surface area contributed by atoms with Crippen LogP contribution in [0.3, 0.4) is 0 Å². The van der Waals surface area contributed by atoms with Gasteiger partial charge in [-0.25, -0.2) is 0 Å². The third-order valence-corrected chi connectivity index (χ3v) is 6.06.